The molecule has 0 saturated carbocycles. The molecule has 1 fully saturated rings. The van der Waals surface area contributed by atoms with Crippen LogP contribution in [-0.4, -0.2) is 65.6 Å². The van der Waals surface area contributed by atoms with Gasteiger partial charge in [0.25, 0.3) is 0 Å². The maximum Gasteiger partial charge on any atom is 0.147 e. The molecule has 0 spiro atoms. The minimum atomic E-state index is 0.0603. The Bertz CT molecular complexity index is 879. The first-order chi connectivity index (χ1) is 13.5. The molecule has 7 nitrogen and oxygen atoms in total. The number of hydrogen-bond acceptors (Lipinski definition) is 7. The second-order valence-corrected chi connectivity index (χ2v) is 7.81. The van der Waals surface area contributed by atoms with Crippen molar-refractivity contribution < 1.29 is 9.90 Å². The lowest BCUT2D eigenvalue weighted by Crippen LogP contribution is -2.41. The number of piperidine rings is 1. The Morgan fingerprint density at radius 1 is 1.32 bits per heavy atom. The number of fused-ring (bicyclic) bond motifs is 1. The molecule has 0 aliphatic carbocycles. The summed E-state index contributed by atoms with van der Waals surface area (Å²) in [7, 11) is 1.85. The van der Waals surface area contributed by atoms with Crippen LogP contribution in [0.2, 0.25) is 0 Å². The van der Waals surface area contributed by atoms with Gasteiger partial charge in [-0.1, -0.05) is 6.92 Å². The van der Waals surface area contributed by atoms with Crippen LogP contribution in [0.3, 0.4) is 0 Å². The molecule has 1 saturated heterocycles. The number of anilines is 1. The summed E-state index contributed by atoms with van der Waals surface area (Å²) in [5.41, 5.74) is 2.86. The molecule has 0 amide bonds. The zero-order valence-corrected chi connectivity index (χ0v) is 16.5. The van der Waals surface area contributed by atoms with E-state index < -0.39 is 0 Å². The van der Waals surface area contributed by atoms with Gasteiger partial charge in [-0.15, -0.1) is 0 Å². The highest BCUT2D eigenvalue weighted by Gasteiger charge is 2.28. The number of carbonyl (C=O) groups excluding carboxylic acids is 1. The molecule has 2 heterocycles. The van der Waals surface area contributed by atoms with Crippen LogP contribution >= 0.6 is 0 Å². The Morgan fingerprint density at radius 3 is 2.79 bits per heavy atom. The Kier molecular flexibility index (Phi) is 6.55. The minimum absolute atomic E-state index is 0.0603. The predicted molar refractivity (Wildman–Crippen MR) is 108 cm³/mol. The standard InChI is InChI=1S/C21H27N5O2/c1-15-9-16(10-18(28)14-25(2)7-8-27)13-26(12-15)19-4-3-17(11-22)20-21(19)24-6-5-23-20/h3-6,15-16,27H,7-10,12-14H2,1-2H3/t15-,16-/m0/s1. The van der Waals surface area contributed by atoms with E-state index in [-0.39, 0.29) is 18.3 Å². The average Bonchev–Trinajstić information content (AvgIpc) is 2.66. The van der Waals surface area contributed by atoms with Gasteiger partial charge < -0.3 is 10.0 Å². The van der Waals surface area contributed by atoms with E-state index in [9.17, 15) is 10.1 Å². The lowest BCUT2D eigenvalue weighted by molar-refractivity contribution is -0.121. The van der Waals surface area contributed by atoms with Crippen molar-refractivity contribution in [2.45, 2.75) is 19.8 Å². The largest absolute Gasteiger partial charge is 0.395 e. The molecule has 1 aromatic heterocycles. The first-order valence-electron chi connectivity index (χ1n) is 9.71. The van der Waals surface area contributed by atoms with Crippen LogP contribution < -0.4 is 4.90 Å². The molecular weight excluding hydrogens is 354 g/mol. The molecule has 3 rings (SSSR count). The summed E-state index contributed by atoms with van der Waals surface area (Å²) in [6.45, 7) is 4.83. The van der Waals surface area contributed by atoms with E-state index in [0.717, 1.165) is 30.7 Å². The Balaban J connectivity index is 1.78. The van der Waals surface area contributed by atoms with Crippen LogP contribution in [-0.2, 0) is 4.79 Å². The summed E-state index contributed by atoms with van der Waals surface area (Å²) in [6.07, 6.45) is 4.82. The van der Waals surface area contributed by atoms with Crippen LogP contribution in [0.5, 0.6) is 0 Å². The first-order valence-corrected chi connectivity index (χ1v) is 9.71. The highest BCUT2D eigenvalue weighted by Crippen LogP contribution is 2.32. The van der Waals surface area contributed by atoms with Crippen LogP contribution in [0.1, 0.15) is 25.3 Å². The van der Waals surface area contributed by atoms with E-state index in [4.69, 9.17) is 5.11 Å². The van der Waals surface area contributed by atoms with Crippen molar-refractivity contribution >= 4 is 22.5 Å². The fraction of sp³-hybridized carbons (Fsp3) is 0.524. The van der Waals surface area contributed by atoms with E-state index in [0.29, 0.717) is 36.5 Å². The van der Waals surface area contributed by atoms with E-state index >= 15 is 0 Å². The van der Waals surface area contributed by atoms with Crippen molar-refractivity contribution in [3.05, 3.63) is 30.1 Å². The third-order valence-electron chi connectivity index (χ3n) is 5.26. The number of likely N-dealkylation sites (N-methyl/N-ethyl adjacent to an activating group) is 1. The monoisotopic (exact) mass is 381 g/mol. The molecule has 1 aliphatic heterocycles. The number of ketones is 1. The summed E-state index contributed by atoms with van der Waals surface area (Å²) in [5, 5.41) is 18.3. The number of aromatic nitrogens is 2. The lowest BCUT2D eigenvalue weighted by Gasteiger charge is -2.38. The predicted octanol–water partition coefficient (Wildman–Crippen LogP) is 1.85. The SMILES string of the molecule is C[C@H]1C[C@@H](CC(=O)CN(C)CCO)CN(c2ccc(C#N)c3nccnc23)C1. The second-order valence-electron chi connectivity index (χ2n) is 7.81. The lowest BCUT2D eigenvalue weighted by atomic mass is 9.86. The smallest absolute Gasteiger partial charge is 0.147 e. The van der Waals surface area contributed by atoms with E-state index in [1.165, 1.54) is 0 Å². The Morgan fingerprint density at radius 2 is 2.07 bits per heavy atom. The quantitative estimate of drug-likeness (QED) is 0.782. The number of aliphatic hydroxyl groups excluding tert-OH is 1. The average molecular weight is 381 g/mol. The third kappa shape index (κ3) is 4.64. The number of nitrogens with zero attached hydrogens (tertiary/aromatic N) is 5. The molecule has 1 aromatic carbocycles. The van der Waals surface area contributed by atoms with Gasteiger partial charge in [0.2, 0.25) is 0 Å². The van der Waals surface area contributed by atoms with E-state index in [1.54, 1.807) is 18.5 Å². The molecule has 28 heavy (non-hydrogen) atoms. The highest BCUT2D eigenvalue weighted by molar-refractivity contribution is 5.92. The summed E-state index contributed by atoms with van der Waals surface area (Å²) < 4.78 is 0. The Labute approximate surface area is 165 Å². The molecule has 1 N–H and O–H groups in total. The van der Waals surface area contributed by atoms with Crippen LogP contribution in [0.4, 0.5) is 5.69 Å². The zero-order chi connectivity index (χ0) is 20.1. The van der Waals surface area contributed by atoms with Gasteiger partial charge in [0.1, 0.15) is 22.9 Å². The van der Waals surface area contributed by atoms with Crippen molar-refractivity contribution in [1.29, 1.82) is 5.26 Å². The zero-order valence-electron chi connectivity index (χ0n) is 16.5. The number of carbonyl (C=O) groups is 1. The van der Waals surface area contributed by atoms with Crippen LogP contribution in [0.15, 0.2) is 24.5 Å². The molecule has 1 aliphatic rings. The number of hydrogen-bond donors (Lipinski definition) is 1. The van der Waals surface area contributed by atoms with Crippen molar-refractivity contribution in [2.24, 2.45) is 11.8 Å². The molecule has 2 aromatic rings. The molecule has 0 radical (unpaired) electrons. The van der Waals surface area contributed by atoms with Crippen molar-refractivity contribution in [3.8, 4) is 6.07 Å². The summed E-state index contributed by atoms with van der Waals surface area (Å²) >= 11 is 0. The van der Waals surface area contributed by atoms with Crippen LogP contribution in [0.25, 0.3) is 11.0 Å². The fourth-order valence-electron chi connectivity index (χ4n) is 4.15. The number of aliphatic hydroxyl groups is 1. The summed E-state index contributed by atoms with van der Waals surface area (Å²) in [6, 6.07) is 5.93. The van der Waals surface area contributed by atoms with Crippen LogP contribution in [0, 0.1) is 23.2 Å². The molecule has 7 heteroatoms. The highest BCUT2D eigenvalue weighted by atomic mass is 16.3. The van der Waals surface area contributed by atoms with Crippen molar-refractivity contribution in [1.82, 2.24) is 14.9 Å². The topological polar surface area (TPSA) is 93.4 Å². The van der Waals surface area contributed by atoms with Gasteiger partial charge in [0.05, 0.1) is 24.4 Å². The van der Waals surface area contributed by atoms with Gasteiger partial charge in [-0.05, 0) is 37.4 Å². The third-order valence-corrected chi connectivity index (χ3v) is 5.26. The van der Waals surface area contributed by atoms with Gasteiger partial charge in [0.15, 0.2) is 0 Å². The molecule has 148 valence electrons. The van der Waals surface area contributed by atoms with Gasteiger partial charge in [-0.25, -0.2) is 0 Å². The van der Waals surface area contributed by atoms with Gasteiger partial charge in [-0.3, -0.25) is 19.7 Å². The summed E-state index contributed by atoms with van der Waals surface area (Å²) in [4.78, 5) is 25.4. The summed E-state index contributed by atoms with van der Waals surface area (Å²) in [5.74, 6) is 0.949. The van der Waals surface area contributed by atoms with Gasteiger partial charge >= 0.3 is 0 Å². The number of benzene rings is 1. The van der Waals surface area contributed by atoms with Gasteiger partial charge in [0, 0.05) is 38.4 Å². The number of rotatable bonds is 7. The Hall–Kier alpha value is -2.56. The van der Waals surface area contributed by atoms with Gasteiger partial charge in [-0.2, -0.15) is 5.26 Å². The van der Waals surface area contributed by atoms with Crippen molar-refractivity contribution in [2.75, 3.05) is 44.7 Å². The number of Topliss-reactive ketones (excluding diaryl/α,β-unsaturated/α-hetero) is 1. The molecule has 2 atom stereocenters. The fourth-order valence-corrected chi connectivity index (χ4v) is 4.15. The minimum Gasteiger partial charge on any atom is -0.395 e. The normalized spacial score (nSPS) is 19.8. The first kappa shape index (κ1) is 20.2. The number of nitriles is 1. The molecular formula is C21H27N5O2. The van der Waals surface area contributed by atoms with Crippen molar-refractivity contribution in [3.63, 3.8) is 0 Å². The van der Waals surface area contributed by atoms with E-state index in [1.807, 2.05) is 18.0 Å². The maximum absolute atomic E-state index is 12.4. The molecule has 0 bridgehead atoms. The molecule has 0 unspecified atom stereocenters. The second kappa shape index (κ2) is 9.09. The maximum atomic E-state index is 12.4. The van der Waals surface area contributed by atoms with E-state index in [2.05, 4.69) is 27.9 Å².